The first-order valence-corrected chi connectivity index (χ1v) is 10.9. The summed E-state index contributed by atoms with van der Waals surface area (Å²) < 4.78 is 8.02. The van der Waals surface area contributed by atoms with Crippen LogP contribution in [0.5, 0.6) is 5.75 Å². The van der Waals surface area contributed by atoms with Crippen molar-refractivity contribution in [2.24, 2.45) is 0 Å². The van der Waals surface area contributed by atoms with E-state index in [1.807, 2.05) is 24.4 Å². The van der Waals surface area contributed by atoms with Gasteiger partial charge in [-0.15, -0.1) is 17.9 Å². The number of ether oxygens (including phenoxy) is 1. The van der Waals surface area contributed by atoms with Crippen LogP contribution in [0, 0.1) is 20.8 Å². The van der Waals surface area contributed by atoms with Crippen LogP contribution in [-0.2, 0) is 11.3 Å². The zero-order chi connectivity index (χ0) is 21.8. The van der Waals surface area contributed by atoms with Crippen LogP contribution in [0.3, 0.4) is 0 Å². The third-order valence-corrected chi connectivity index (χ3v) is 5.82. The number of carbonyl (C=O) groups excluding carboxylic acids is 1. The van der Waals surface area contributed by atoms with Crippen molar-refractivity contribution in [1.29, 1.82) is 0 Å². The number of benzene rings is 1. The van der Waals surface area contributed by atoms with Crippen molar-refractivity contribution in [3.63, 3.8) is 0 Å². The van der Waals surface area contributed by atoms with Gasteiger partial charge in [-0.05, 0) is 49.9 Å². The van der Waals surface area contributed by atoms with Gasteiger partial charge in [-0.2, -0.15) is 0 Å². The molecular weight excluding hydrogens is 394 g/mol. The molecule has 1 amide bonds. The van der Waals surface area contributed by atoms with Crippen LogP contribution < -0.4 is 10.1 Å². The molecule has 0 unspecified atom stereocenters. The molecule has 1 N–H and O–H groups in total. The van der Waals surface area contributed by atoms with E-state index in [-0.39, 0.29) is 12.5 Å². The van der Waals surface area contributed by atoms with Crippen molar-refractivity contribution in [3.8, 4) is 17.0 Å². The summed E-state index contributed by atoms with van der Waals surface area (Å²) in [6.45, 7) is 14.9. The van der Waals surface area contributed by atoms with Gasteiger partial charge in [0.15, 0.2) is 11.7 Å². The summed E-state index contributed by atoms with van der Waals surface area (Å²) in [6, 6.07) is 8.21. The molecule has 0 aliphatic rings. The summed E-state index contributed by atoms with van der Waals surface area (Å²) in [4.78, 5) is 17.0. The zero-order valence-corrected chi connectivity index (χ0v) is 19.1. The Hall–Kier alpha value is -2.86. The number of nitrogens with zero attached hydrogens (tertiary/aromatic N) is 2. The highest BCUT2D eigenvalue weighted by Crippen LogP contribution is 2.30. The summed E-state index contributed by atoms with van der Waals surface area (Å²) >= 11 is 1.41. The Kier molecular flexibility index (Phi) is 6.77. The first-order valence-electron chi connectivity index (χ1n) is 10.1. The number of carbonyl (C=O) groups is 1. The fraction of sp³-hybridized carbons (Fsp3) is 0.333. The Labute approximate surface area is 182 Å². The maximum Gasteiger partial charge on any atom is 0.264 e. The number of thiazole rings is 1. The zero-order valence-electron chi connectivity index (χ0n) is 18.3. The minimum absolute atomic E-state index is 0.0497. The fourth-order valence-corrected chi connectivity index (χ4v) is 4.19. The summed E-state index contributed by atoms with van der Waals surface area (Å²) in [5.41, 5.74) is 6.44. The molecule has 158 valence electrons. The number of hydrogen-bond acceptors (Lipinski definition) is 4. The molecule has 0 aliphatic carbocycles. The van der Waals surface area contributed by atoms with Crippen molar-refractivity contribution in [2.75, 3.05) is 11.9 Å². The number of amides is 1. The lowest BCUT2D eigenvalue weighted by atomic mass is 10.0. The molecule has 3 aromatic rings. The first kappa shape index (κ1) is 21.8. The van der Waals surface area contributed by atoms with E-state index < -0.39 is 0 Å². The lowest BCUT2D eigenvalue weighted by Crippen LogP contribution is -2.20. The monoisotopic (exact) mass is 423 g/mol. The molecule has 0 spiro atoms. The van der Waals surface area contributed by atoms with Crippen LogP contribution in [0.2, 0.25) is 0 Å². The van der Waals surface area contributed by atoms with E-state index in [1.54, 1.807) is 0 Å². The van der Waals surface area contributed by atoms with E-state index in [2.05, 4.69) is 67.3 Å². The first-order chi connectivity index (χ1) is 14.3. The Morgan fingerprint density at radius 1 is 1.30 bits per heavy atom. The molecule has 2 aromatic heterocycles. The van der Waals surface area contributed by atoms with Gasteiger partial charge in [0.05, 0.1) is 5.69 Å². The van der Waals surface area contributed by atoms with Crippen molar-refractivity contribution < 1.29 is 9.53 Å². The molecular formula is C24H29N3O2S. The van der Waals surface area contributed by atoms with Gasteiger partial charge in [0.1, 0.15) is 5.75 Å². The second-order valence-electron chi connectivity index (χ2n) is 7.75. The number of aryl methyl sites for hydroxylation is 2. The summed E-state index contributed by atoms with van der Waals surface area (Å²) in [5, 5.41) is 5.39. The Balaban J connectivity index is 1.67. The van der Waals surface area contributed by atoms with Crippen LogP contribution in [-0.4, -0.2) is 22.1 Å². The van der Waals surface area contributed by atoms with Crippen LogP contribution in [0.1, 0.15) is 42.3 Å². The van der Waals surface area contributed by atoms with Crippen molar-refractivity contribution in [1.82, 2.24) is 9.55 Å². The summed E-state index contributed by atoms with van der Waals surface area (Å²) in [5.74, 6) is 0.865. The van der Waals surface area contributed by atoms with E-state index in [0.717, 1.165) is 46.1 Å². The molecule has 0 saturated heterocycles. The lowest BCUT2D eigenvalue weighted by molar-refractivity contribution is -0.118. The molecule has 0 bridgehead atoms. The second-order valence-corrected chi connectivity index (χ2v) is 8.61. The molecule has 0 fully saturated rings. The highest BCUT2D eigenvalue weighted by Gasteiger charge is 2.15. The van der Waals surface area contributed by atoms with Gasteiger partial charge >= 0.3 is 0 Å². The van der Waals surface area contributed by atoms with Gasteiger partial charge in [-0.25, -0.2) is 4.98 Å². The van der Waals surface area contributed by atoms with Gasteiger partial charge in [0, 0.05) is 28.9 Å². The number of aromatic nitrogens is 2. The molecule has 6 heteroatoms. The number of rotatable bonds is 8. The Bertz CT molecular complexity index is 1060. The van der Waals surface area contributed by atoms with Crippen LogP contribution in [0.15, 0.2) is 42.3 Å². The fourth-order valence-electron chi connectivity index (χ4n) is 3.47. The largest absolute Gasteiger partial charge is 0.483 e. The van der Waals surface area contributed by atoms with Gasteiger partial charge in [0.25, 0.3) is 5.91 Å². The number of anilines is 1. The van der Waals surface area contributed by atoms with Crippen molar-refractivity contribution in [2.45, 2.75) is 47.1 Å². The highest BCUT2D eigenvalue weighted by molar-refractivity contribution is 7.14. The highest BCUT2D eigenvalue weighted by atomic mass is 32.1. The molecule has 0 saturated carbocycles. The standard InChI is InChI=1S/C24H29N3O2S/c1-7-10-27-17(5)12-20(18(27)6)21-14-30-24(25-21)26-23(28)13-29-22-11-16(4)8-9-19(22)15(2)3/h7-9,11-12,14-15H,1,10,13H2,2-6H3,(H,25,26,28). The predicted octanol–water partition coefficient (Wildman–Crippen LogP) is 5.86. The minimum Gasteiger partial charge on any atom is -0.483 e. The Morgan fingerprint density at radius 3 is 2.77 bits per heavy atom. The topological polar surface area (TPSA) is 56.2 Å². The smallest absolute Gasteiger partial charge is 0.264 e. The van der Waals surface area contributed by atoms with Crippen LogP contribution in [0.25, 0.3) is 11.3 Å². The van der Waals surface area contributed by atoms with E-state index >= 15 is 0 Å². The average Bonchev–Trinajstić information content (AvgIpc) is 3.26. The van der Waals surface area contributed by atoms with E-state index in [9.17, 15) is 4.79 Å². The van der Waals surface area contributed by atoms with Gasteiger partial charge in [-0.1, -0.05) is 32.1 Å². The quantitative estimate of drug-likeness (QED) is 0.461. The molecule has 30 heavy (non-hydrogen) atoms. The minimum atomic E-state index is -0.218. The molecule has 0 atom stereocenters. The normalized spacial score (nSPS) is 11.0. The number of allylic oxidation sites excluding steroid dienone is 1. The number of nitrogens with one attached hydrogen (secondary N) is 1. The summed E-state index contributed by atoms with van der Waals surface area (Å²) in [7, 11) is 0. The molecule has 0 aliphatic heterocycles. The molecule has 3 rings (SSSR count). The Morgan fingerprint density at radius 2 is 2.07 bits per heavy atom. The lowest BCUT2D eigenvalue weighted by Gasteiger charge is -2.14. The van der Waals surface area contributed by atoms with Gasteiger partial charge in [0.2, 0.25) is 0 Å². The predicted molar refractivity (Wildman–Crippen MR) is 125 cm³/mol. The maximum absolute atomic E-state index is 12.4. The van der Waals surface area contributed by atoms with Gasteiger partial charge < -0.3 is 9.30 Å². The molecule has 0 radical (unpaired) electrons. The second kappa shape index (κ2) is 9.30. The third-order valence-electron chi connectivity index (χ3n) is 5.06. The van der Waals surface area contributed by atoms with Gasteiger partial charge in [-0.3, -0.25) is 10.1 Å². The van der Waals surface area contributed by atoms with E-state index in [0.29, 0.717) is 11.0 Å². The van der Waals surface area contributed by atoms with Crippen molar-refractivity contribution in [3.05, 3.63) is 64.8 Å². The molecule has 1 aromatic carbocycles. The maximum atomic E-state index is 12.4. The van der Waals surface area contributed by atoms with Crippen LogP contribution >= 0.6 is 11.3 Å². The average molecular weight is 424 g/mol. The number of hydrogen-bond donors (Lipinski definition) is 1. The SMILES string of the molecule is C=CCn1c(C)cc(-c2csc(NC(=O)COc3cc(C)ccc3C(C)C)n2)c1C. The van der Waals surface area contributed by atoms with E-state index in [1.165, 1.54) is 11.3 Å². The third kappa shape index (κ3) is 4.82. The van der Waals surface area contributed by atoms with Crippen molar-refractivity contribution >= 4 is 22.4 Å². The van der Waals surface area contributed by atoms with Crippen LogP contribution in [0.4, 0.5) is 5.13 Å². The molecule has 5 nitrogen and oxygen atoms in total. The summed E-state index contributed by atoms with van der Waals surface area (Å²) in [6.07, 6.45) is 1.88. The van der Waals surface area contributed by atoms with E-state index in [4.69, 9.17) is 4.74 Å². The molecule has 2 heterocycles.